The Morgan fingerprint density at radius 2 is 2.12 bits per heavy atom. The first-order valence-electron chi connectivity index (χ1n) is 6.17. The second-order valence-electron chi connectivity index (χ2n) is 4.71. The minimum atomic E-state index is 0.172. The average molecular weight is 225 g/mol. The van der Waals surface area contributed by atoms with Crippen molar-refractivity contribution in [2.45, 2.75) is 39.0 Å². The Bertz CT molecular complexity index is 232. The molecule has 1 rings (SSSR count). The second kappa shape index (κ2) is 7.44. The van der Waals surface area contributed by atoms with Crippen LogP contribution in [0.15, 0.2) is 12.2 Å². The topological polar surface area (TPSA) is 38.3 Å². The number of amides is 1. The summed E-state index contributed by atoms with van der Waals surface area (Å²) in [5.74, 6) is 0.794. The molecule has 16 heavy (non-hydrogen) atoms. The van der Waals surface area contributed by atoms with Gasteiger partial charge in [-0.25, -0.2) is 0 Å². The van der Waals surface area contributed by atoms with E-state index >= 15 is 0 Å². The first kappa shape index (κ1) is 13.2. The van der Waals surface area contributed by atoms with Gasteiger partial charge in [-0.05, 0) is 25.7 Å². The predicted octanol–water partition coefficient (Wildman–Crippen LogP) is 2.28. The molecule has 0 spiro atoms. The first-order chi connectivity index (χ1) is 7.68. The molecular formula is C13H23NO2. The third-order valence-electron chi connectivity index (χ3n) is 2.87. The summed E-state index contributed by atoms with van der Waals surface area (Å²) in [4.78, 5) is 11.5. The van der Waals surface area contributed by atoms with Gasteiger partial charge in [-0.3, -0.25) is 4.79 Å². The van der Waals surface area contributed by atoms with Gasteiger partial charge in [0.1, 0.15) is 0 Å². The van der Waals surface area contributed by atoms with Gasteiger partial charge in [0.05, 0.1) is 13.2 Å². The summed E-state index contributed by atoms with van der Waals surface area (Å²) < 4.78 is 5.30. The minimum Gasteiger partial charge on any atom is -0.375 e. The number of nitrogens with one attached hydrogen (secondary N) is 1. The standard InChI is InChI=1S/C13H23NO2/c1-11(2)10-16-8-7-14-13(15)9-12-5-3-4-6-12/h12H,1,3-10H2,2H3,(H,14,15). The lowest BCUT2D eigenvalue weighted by Crippen LogP contribution is -2.28. The molecule has 0 aromatic heterocycles. The summed E-state index contributed by atoms with van der Waals surface area (Å²) in [6, 6.07) is 0. The molecule has 0 atom stereocenters. The zero-order chi connectivity index (χ0) is 11.8. The lowest BCUT2D eigenvalue weighted by Gasteiger charge is -2.09. The van der Waals surface area contributed by atoms with E-state index in [1.165, 1.54) is 25.7 Å². The quantitative estimate of drug-likeness (QED) is 0.533. The van der Waals surface area contributed by atoms with Crippen LogP contribution in [0.5, 0.6) is 0 Å². The van der Waals surface area contributed by atoms with Gasteiger partial charge in [-0.1, -0.05) is 25.0 Å². The largest absolute Gasteiger partial charge is 0.375 e. The Labute approximate surface area is 98.2 Å². The number of ether oxygens (including phenoxy) is 1. The van der Waals surface area contributed by atoms with Crippen molar-refractivity contribution in [1.82, 2.24) is 5.32 Å². The molecule has 3 nitrogen and oxygen atoms in total. The minimum absolute atomic E-state index is 0.172. The van der Waals surface area contributed by atoms with Gasteiger partial charge in [0, 0.05) is 13.0 Å². The van der Waals surface area contributed by atoms with Crippen LogP contribution in [0.3, 0.4) is 0 Å². The summed E-state index contributed by atoms with van der Waals surface area (Å²) in [6.07, 6.45) is 5.72. The summed E-state index contributed by atoms with van der Waals surface area (Å²) >= 11 is 0. The fourth-order valence-corrected chi connectivity index (χ4v) is 2.06. The van der Waals surface area contributed by atoms with E-state index in [0.29, 0.717) is 32.1 Å². The summed E-state index contributed by atoms with van der Waals surface area (Å²) in [5, 5.41) is 2.89. The molecule has 0 saturated heterocycles. The molecular weight excluding hydrogens is 202 g/mol. The van der Waals surface area contributed by atoms with Gasteiger partial charge in [0.25, 0.3) is 0 Å². The Kier molecular flexibility index (Phi) is 6.16. The fraction of sp³-hybridized carbons (Fsp3) is 0.769. The Morgan fingerprint density at radius 1 is 1.44 bits per heavy atom. The summed E-state index contributed by atoms with van der Waals surface area (Å²) in [7, 11) is 0. The summed E-state index contributed by atoms with van der Waals surface area (Å²) in [5.41, 5.74) is 1.01. The number of rotatable bonds is 7. The van der Waals surface area contributed by atoms with Crippen LogP contribution in [0.4, 0.5) is 0 Å². The van der Waals surface area contributed by atoms with E-state index in [1.54, 1.807) is 0 Å². The van der Waals surface area contributed by atoms with Crippen LogP contribution < -0.4 is 5.32 Å². The maximum atomic E-state index is 11.5. The maximum absolute atomic E-state index is 11.5. The van der Waals surface area contributed by atoms with Crippen LogP contribution >= 0.6 is 0 Å². The van der Waals surface area contributed by atoms with Crippen molar-refractivity contribution in [3.8, 4) is 0 Å². The highest BCUT2D eigenvalue weighted by Gasteiger charge is 2.17. The smallest absolute Gasteiger partial charge is 0.220 e. The van der Waals surface area contributed by atoms with Crippen molar-refractivity contribution >= 4 is 5.91 Å². The molecule has 0 aromatic carbocycles. The first-order valence-corrected chi connectivity index (χ1v) is 6.17. The highest BCUT2D eigenvalue weighted by atomic mass is 16.5. The van der Waals surface area contributed by atoms with E-state index in [2.05, 4.69) is 11.9 Å². The van der Waals surface area contributed by atoms with Crippen LogP contribution in [-0.4, -0.2) is 25.7 Å². The van der Waals surface area contributed by atoms with Gasteiger partial charge in [0.15, 0.2) is 0 Å². The molecule has 0 radical (unpaired) electrons. The Balaban J connectivity index is 1.95. The molecule has 1 N–H and O–H groups in total. The normalized spacial score (nSPS) is 16.3. The van der Waals surface area contributed by atoms with Crippen molar-refractivity contribution in [3.05, 3.63) is 12.2 Å². The van der Waals surface area contributed by atoms with Gasteiger partial charge in [0.2, 0.25) is 5.91 Å². The zero-order valence-corrected chi connectivity index (χ0v) is 10.3. The maximum Gasteiger partial charge on any atom is 0.220 e. The number of carbonyl (C=O) groups is 1. The van der Waals surface area contributed by atoms with E-state index in [0.717, 1.165) is 5.57 Å². The molecule has 3 heteroatoms. The molecule has 0 unspecified atom stereocenters. The zero-order valence-electron chi connectivity index (χ0n) is 10.3. The van der Waals surface area contributed by atoms with Crippen molar-refractivity contribution in [1.29, 1.82) is 0 Å². The van der Waals surface area contributed by atoms with Crippen LogP contribution in [0.2, 0.25) is 0 Å². The van der Waals surface area contributed by atoms with Crippen LogP contribution in [0.25, 0.3) is 0 Å². The van der Waals surface area contributed by atoms with E-state index < -0.39 is 0 Å². The Morgan fingerprint density at radius 3 is 2.75 bits per heavy atom. The SMILES string of the molecule is C=C(C)COCCNC(=O)CC1CCCC1. The van der Waals surface area contributed by atoms with E-state index in [4.69, 9.17) is 4.74 Å². The molecule has 1 saturated carbocycles. The lowest BCUT2D eigenvalue weighted by atomic mass is 10.0. The van der Waals surface area contributed by atoms with Gasteiger partial charge in [-0.2, -0.15) is 0 Å². The molecule has 1 fully saturated rings. The van der Waals surface area contributed by atoms with Crippen LogP contribution in [0, 0.1) is 5.92 Å². The van der Waals surface area contributed by atoms with Crippen LogP contribution in [0.1, 0.15) is 39.0 Å². The molecule has 0 bridgehead atoms. The molecule has 92 valence electrons. The highest BCUT2D eigenvalue weighted by molar-refractivity contribution is 5.76. The van der Waals surface area contributed by atoms with Crippen molar-refractivity contribution < 1.29 is 9.53 Å². The van der Waals surface area contributed by atoms with Crippen molar-refractivity contribution in [2.75, 3.05) is 19.8 Å². The van der Waals surface area contributed by atoms with Gasteiger partial charge >= 0.3 is 0 Å². The average Bonchev–Trinajstić information content (AvgIpc) is 2.69. The van der Waals surface area contributed by atoms with Crippen molar-refractivity contribution in [3.63, 3.8) is 0 Å². The lowest BCUT2D eigenvalue weighted by molar-refractivity contribution is -0.122. The predicted molar refractivity (Wildman–Crippen MR) is 65.2 cm³/mol. The molecule has 0 aliphatic heterocycles. The number of hydrogen-bond donors (Lipinski definition) is 1. The second-order valence-corrected chi connectivity index (χ2v) is 4.71. The molecule has 0 aromatic rings. The fourth-order valence-electron chi connectivity index (χ4n) is 2.06. The third kappa shape index (κ3) is 5.91. The van der Waals surface area contributed by atoms with Crippen molar-refractivity contribution in [2.24, 2.45) is 5.92 Å². The van der Waals surface area contributed by atoms with Gasteiger partial charge in [-0.15, -0.1) is 0 Å². The van der Waals surface area contributed by atoms with Crippen LogP contribution in [-0.2, 0) is 9.53 Å². The number of carbonyl (C=O) groups excluding carboxylic acids is 1. The monoisotopic (exact) mass is 225 g/mol. The van der Waals surface area contributed by atoms with E-state index in [9.17, 15) is 4.79 Å². The molecule has 1 aliphatic rings. The van der Waals surface area contributed by atoms with E-state index in [1.807, 2.05) is 6.92 Å². The molecule has 1 amide bonds. The number of hydrogen-bond acceptors (Lipinski definition) is 2. The Hall–Kier alpha value is -0.830. The third-order valence-corrected chi connectivity index (χ3v) is 2.87. The van der Waals surface area contributed by atoms with Gasteiger partial charge < -0.3 is 10.1 Å². The van der Waals surface area contributed by atoms with E-state index in [-0.39, 0.29) is 5.91 Å². The summed E-state index contributed by atoms with van der Waals surface area (Å²) in [6.45, 7) is 7.44. The molecule has 0 heterocycles. The molecule has 1 aliphatic carbocycles. The highest BCUT2D eigenvalue weighted by Crippen LogP contribution is 2.27.